The highest BCUT2D eigenvalue weighted by atomic mass is 16.5. The van der Waals surface area contributed by atoms with Gasteiger partial charge in [-0.15, -0.1) is 0 Å². The Hall–Kier alpha value is -2.12. The average molecular weight is 280 g/mol. The molecule has 2 atom stereocenters. The Morgan fingerprint density at radius 2 is 2.15 bits per heavy atom. The summed E-state index contributed by atoms with van der Waals surface area (Å²) in [5.41, 5.74) is 5.35. The minimum absolute atomic E-state index is 0.0765. The average Bonchev–Trinajstić information content (AvgIpc) is 2.40. The number of ether oxygens (including phenoxy) is 1. The third-order valence-corrected chi connectivity index (χ3v) is 3.08. The van der Waals surface area contributed by atoms with Crippen LogP contribution in [0.15, 0.2) is 18.2 Å². The van der Waals surface area contributed by atoms with Gasteiger partial charge in [0.25, 0.3) is 11.8 Å². The number of nitrogens with one attached hydrogen (secondary N) is 1. The minimum atomic E-state index is -0.789. The molecule has 0 aromatic heterocycles. The molecule has 7 heteroatoms. The number of amides is 2. The van der Waals surface area contributed by atoms with Crippen LogP contribution in [-0.4, -0.2) is 40.8 Å². The summed E-state index contributed by atoms with van der Waals surface area (Å²) in [6, 6.07) is 4.00. The molecule has 2 rings (SSSR count). The molecule has 0 aliphatic carbocycles. The summed E-state index contributed by atoms with van der Waals surface area (Å²) in [6.45, 7) is 0.321. The van der Waals surface area contributed by atoms with Gasteiger partial charge in [0.2, 0.25) is 0 Å². The summed E-state index contributed by atoms with van der Waals surface area (Å²) in [7, 11) is 0. The molecule has 1 aliphatic heterocycles. The number of aliphatic hydroxyl groups is 1. The van der Waals surface area contributed by atoms with E-state index in [0.29, 0.717) is 18.7 Å². The van der Waals surface area contributed by atoms with Crippen molar-refractivity contribution in [3.63, 3.8) is 0 Å². The van der Waals surface area contributed by atoms with Crippen LogP contribution in [0.3, 0.4) is 0 Å². The first-order valence-corrected chi connectivity index (χ1v) is 6.20. The first kappa shape index (κ1) is 14.3. The second kappa shape index (κ2) is 5.89. The number of anilines is 1. The second-order valence-electron chi connectivity index (χ2n) is 4.62. The van der Waals surface area contributed by atoms with Gasteiger partial charge >= 0.3 is 0 Å². The molecule has 0 unspecified atom stereocenters. The predicted octanol–water partition coefficient (Wildman–Crippen LogP) is -0.0305. The van der Waals surface area contributed by atoms with E-state index in [0.717, 1.165) is 0 Å². The molecule has 1 fully saturated rings. The topological polar surface area (TPSA) is 122 Å². The fraction of sp³-hybridized carbons (Fsp3) is 0.385. The number of primary amides is 1. The number of nitrogens with two attached hydrogens (primary N) is 1. The molecule has 20 heavy (non-hydrogen) atoms. The quantitative estimate of drug-likeness (QED) is 0.579. The van der Waals surface area contributed by atoms with Crippen LogP contribution in [0.2, 0.25) is 0 Å². The first-order chi connectivity index (χ1) is 9.47. The Labute approximate surface area is 115 Å². The molecule has 0 saturated carbocycles. The summed E-state index contributed by atoms with van der Waals surface area (Å²) >= 11 is 0. The van der Waals surface area contributed by atoms with Gasteiger partial charge in [-0.3, -0.25) is 9.59 Å². The van der Waals surface area contributed by atoms with Gasteiger partial charge in [-0.1, -0.05) is 0 Å². The highest BCUT2D eigenvalue weighted by molar-refractivity contribution is 5.99. The maximum atomic E-state index is 12.0. The van der Waals surface area contributed by atoms with Gasteiger partial charge < -0.3 is 26.0 Å². The lowest BCUT2D eigenvalue weighted by molar-refractivity contribution is -0.134. The molecule has 7 nitrogen and oxygen atoms in total. The van der Waals surface area contributed by atoms with Crippen molar-refractivity contribution in [3.8, 4) is 5.75 Å². The van der Waals surface area contributed by atoms with Crippen molar-refractivity contribution in [2.24, 2.45) is 5.73 Å². The summed E-state index contributed by atoms with van der Waals surface area (Å²) in [6.07, 6.45) is -0.549. The normalized spacial score (nSPS) is 22.2. The van der Waals surface area contributed by atoms with Gasteiger partial charge in [-0.05, 0) is 24.6 Å². The smallest absolute Gasteiger partial charge is 0.253 e. The molecule has 0 bridgehead atoms. The maximum Gasteiger partial charge on any atom is 0.253 e. The second-order valence-corrected chi connectivity index (χ2v) is 4.62. The van der Waals surface area contributed by atoms with E-state index in [2.05, 4.69) is 5.32 Å². The van der Waals surface area contributed by atoms with Crippen LogP contribution in [0.25, 0.3) is 0 Å². The zero-order valence-electron chi connectivity index (χ0n) is 10.7. The van der Waals surface area contributed by atoms with Gasteiger partial charge in [0.15, 0.2) is 0 Å². The van der Waals surface area contributed by atoms with Crippen molar-refractivity contribution < 1.29 is 24.5 Å². The Kier molecular flexibility index (Phi) is 4.21. The Morgan fingerprint density at radius 1 is 1.40 bits per heavy atom. The summed E-state index contributed by atoms with van der Waals surface area (Å²) < 4.78 is 5.27. The largest absolute Gasteiger partial charge is 0.507 e. The predicted molar refractivity (Wildman–Crippen MR) is 70.2 cm³/mol. The van der Waals surface area contributed by atoms with Gasteiger partial charge in [-0.25, -0.2) is 0 Å². The maximum absolute atomic E-state index is 12.0. The lowest BCUT2D eigenvalue weighted by Crippen LogP contribution is -2.38. The number of benzene rings is 1. The van der Waals surface area contributed by atoms with Crippen molar-refractivity contribution in [1.29, 1.82) is 0 Å². The van der Waals surface area contributed by atoms with E-state index in [-0.39, 0.29) is 17.7 Å². The third-order valence-electron chi connectivity index (χ3n) is 3.08. The van der Waals surface area contributed by atoms with Crippen molar-refractivity contribution in [1.82, 2.24) is 0 Å². The highest BCUT2D eigenvalue weighted by Gasteiger charge is 2.27. The van der Waals surface area contributed by atoms with Crippen molar-refractivity contribution >= 4 is 17.5 Å². The van der Waals surface area contributed by atoms with E-state index >= 15 is 0 Å². The molecule has 1 heterocycles. The number of aromatic hydroxyl groups is 1. The van der Waals surface area contributed by atoms with E-state index in [1.807, 2.05) is 0 Å². The van der Waals surface area contributed by atoms with E-state index in [1.54, 1.807) is 0 Å². The molecule has 5 N–H and O–H groups in total. The van der Waals surface area contributed by atoms with Gasteiger partial charge in [-0.2, -0.15) is 0 Å². The zero-order valence-corrected chi connectivity index (χ0v) is 10.7. The molecule has 108 valence electrons. The lowest BCUT2D eigenvalue weighted by atomic mass is 10.1. The van der Waals surface area contributed by atoms with Crippen LogP contribution in [0, 0.1) is 0 Å². The molecule has 1 aromatic rings. The Morgan fingerprint density at radius 3 is 2.80 bits per heavy atom. The van der Waals surface area contributed by atoms with Gasteiger partial charge in [0, 0.05) is 12.1 Å². The number of hydrogen-bond acceptors (Lipinski definition) is 5. The van der Waals surface area contributed by atoms with Crippen LogP contribution >= 0.6 is 0 Å². The zero-order chi connectivity index (χ0) is 14.7. The molecular formula is C13H16N2O5. The van der Waals surface area contributed by atoms with E-state index < -0.39 is 24.0 Å². The Balaban J connectivity index is 2.07. The highest BCUT2D eigenvalue weighted by Crippen LogP contribution is 2.22. The number of rotatable bonds is 3. The van der Waals surface area contributed by atoms with Gasteiger partial charge in [0.05, 0.1) is 18.3 Å². The number of aliphatic hydroxyl groups excluding tert-OH is 1. The summed E-state index contributed by atoms with van der Waals surface area (Å²) in [5.74, 6) is -1.45. The molecule has 1 aromatic carbocycles. The van der Waals surface area contributed by atoms with E-state index in [9.17, 15) is 19.8 Å². The van der Waals surface area contributed by atoms with Crippen LogP contribution in [0.4, 0.5) is 5.69 Å². The standard InChI is InChI=1S/C13H16N2O5/c14-12(18)9-5-7(1-2-10(9)17)15-13(19)11-6-8(16)3-4-20-11/h1-2,5,8,11,16-17H,3-4,6H2,(H2,14,18)(H,15,19)/t8-,11+/m1/s1. The van der Waals surface area contributed by atoms with Crippen molar-refractivity contribution in [3.05, 3.63) is 23.8 Å². The number of carbonyl (C=O) groups is 2. The minimum Gasteiger partial charge on any atom is -0.507 e. The number of phenols is 1. The van der Waals surface area contributed by atoms with Gasteiger partial charge in [0.1, 0.15) is 11.9 Å². The van der Waals surface area contributed by atoms with Crippen LogP contribution in [-0.2, 0) is 9.53 Å². The molecule has 0 spiro atoms. The number of carbonyl (C=O) groups excluding carboxylic acids is 2. The molecule has 0 radical (unpaired) electrons. The van der Waals surface area contributed by atoms with E-state index in [4.69, 9.17) is 10.5 Å². The summed E-state index contributed by atoms with van der Waals surface area (Å²) in [4.78, 5) is 23.0. The van der Waals surface area contributed by atoms with Crippen LogP contribution < -0.4 is 11.1 Å². The number of hydrogen-bond donors (Lipinski definition) is 4. The monoisotopic (exact) mass is 280 g/mol. The van der Waals surface area contributed by atoms with E-state index in [1.165, 1.54) is 18.2 Å². The first-order valence-electron chi connectivity index (χ1n) is 6.20. The Bertz CT molecular complexity index is 531. The van der Waals surface area contributed by atoms with Crippen molar-refractivity contribution in [2.75, 3.05) is 11.9 Å². The van der Waals surface area contributed by atoms with Crippen LogP contribution in [0.5, 0.6) is 5.75 Å². The third kappa shape index (κ3) is 3.25. The summed E-state index contributed by atoms with van der Waals surface area (Å²) in [5, 5.41) is 21.5. The van der Waals surface area contributed by atoms with Crippen molar-refractivity contribution in [2.45, 2.75) is 25.0 Å². The molecule has 1 saturated heterocycles. The SMILES string of the molecule is NC(=O)c1cc(NC(=O)[C@@H]2C[C@H](O)CCO2)ccc1O. The molecular weight excluding hydrogens is 264 g/mol. The molecule has 2 amide bonds. The fourth-order valence-corrected chi connectivity index (χ4v) is 2.00. The fourth-order valence-electron chi connectivity index (χ4n) is 2.00. The lowest BCUT2D eigenvalue weighted by Gasteiger charge is -2.25. The molecule has 1 aliphatic rings. The van der Waals surface area contributed by atoms with Crippen LogP contribution in [0.1, 0.15) is 23.2 Å².